The van der Waals surface area contributed by atoms with Crippen molar-refractivity contribution in [1.29, 1.82) is 0 Å². The van der Waals surface area contributed by atoms with Crippen molar-refractivity contribution in [2.75, 3.05) is 7.05 Å². The van der Waals surface area contributed by atoms with Gasteiger partial charge in [0.15, 0.2) is 0 Å². The van der Waals surface area contributed by atoms with Gasteiger partial charge < -0.3 is 10.2 Å². The molecule has 1 aliphatic heterocycles. The van der Waals surface area contributed by atoms with Gasteiger partial charge in [-0.05, 0) is 49.9 Å². The summed E-state index contributed by atoms with van der Waals surface area (Å²) in [6, 6.07) is 4.44. The molecule has 3 rings (SSSR count). The lowest BCUT2D eigenvalue weighted by Crippen LogP contribution is -2.51. The third kappa shape index (κ3) is 4.37. The fourth-order valence-corrected chi connectivity index (χ4v) is 3.59. The Labute approximate surface area is 180 Å². The molecule has 1 amide bonds. The van der Waals surface area contributed by atoms with Crippen molar-refractivity contribution in [1.82, 2.24) is 5.32 Å². The third-order valence-electron chi connectivity index (χ3n) is 5.37. The van der Waals surface area contributed by atoms with Crippen LogP contribution in [0.25, 0.3) is 0 Å². The van der Waals surface area contributed by atoms with Crippen molar-refractivity contribution >= 4 is 17.3 Å². The molecule has 5 nitrogen and oxygen atoms in total. The van der Waals surface area contributed by atoms with E-state index in [9.17, 15) is 31.1 Å². The van der Waals surface area contributed by atoms with E-state index in [2.05, 4.69) is 15.5 Å². The molecule has 0 aromatic heterocycles. The number of amides is 1. The molecule has 174 valence electrons. The highest BCUT2D eigenvalue weighted by Crippen LogP contribution is 2.48. The molecule has 1 saturated carbocycles. The molecule has 1 fully saturated rings. The summed E-state index contributed by atoms with van der Waals surface area (Å²) >= 11 is 0. The van der Waals surface area contributed by atoms with E-state index < -0.39 is 35.7 Å². The van der Waals surface area contributed by atoms with E-state index in [-0.39, 0.29) is 23.2 Å². The Hall–Kier alpha value is -2.85. The first-order valence-electron chi connectivity index (χ1n) is 9.79. The molecular formula is C21H21F6N3O2. The maximum absolute atomic E-state index is 14.1. The molecule has 11 heteroatoms. The number of carbonyl (C=O) groups excluding carboxylic acids is 1. The summed E-state index contributed by atoms with van der Waals surface area (Å²) in [6.07, 6.45) is -8.82. The smallest absolute Gasteiger partial charge is 0.374 e. The number of aryl methyl sites for hydroxylation is 1. The Morgan fingerprint density at radius 3 is 2.38 bits per heavy atom. The van der Waals surface area contributed by atoms with Gasteiger partial charge in [-0.2, -0.15) is 26.3 Å². The van der Waals surface area contributed by atoms with E-state index in [0.717, 1.165) is 26.8 Å². The Kier molecular flexibility index (Phi) is 6.14. The van der Waals surface area contributed by atoms with Crippen molar-refractivity contribution in [2.24, 2.45) is 10.1 Å². The average molecular weight is 461 g/mol. The van der Waals surface area contributed by atoms with Gasteiger partial charge in [-0.1, -0.05) is 17.3 Å². The van der Waals surface area contributed by atoms with Crippen molar-refractivity contribution < 1.29 is 36.0 Å². The summed E-state index contributed by atoms with van der Waals surface area (Å²) in [5.74, 6) is -0.295. The minimum Gasteiger partial charge on any atom is -0.374 e. The highest BCUT2D eigenvalue weighted by atomic mass is 19.4. The molecule has 0 saturated heterocycles. The Morgan fingerprint density at radius 2 is 1.91 bits per heavy atom. The van der Waals surface area contributed by atoms with E-state index in [1.54, 1.807) is 6.92 Å². The molecule has 1 heterocycles. The maximum Gasteiger partial charge on any atom is 0.435 e. The number of nitrogens with one attached hydrogen (secondary N) is 1. The fraction of sp³-hybridized carbons (Fsp3) is 0.476. The quantitative estimate of drug-likeness (QED) is 0.501. The third-order valence-corrected chi connectivity index (χ3v) is 5.37. The molecule has 1 aromatic rings. The molecule has 1 unspecified atom stereocenters. The van der Waals surface area contributed by atoms with Crippen molar-refractivity contribution in [3.05, 3.63) is 46.5 Å². The molecule has 0 spiro atoms. The van der Waals surface area contributed by atoms with Gasteiger partial charge in [0.2, 0.25) is 0 Å². The molecule has 2 aliphatic rings. The molecule has 1 N–H and O–H groups in total. The topological polar surface area (TPSA) is 63.0 Å². The van der Waals surface area contributed by atoms with Gasteiger partial charge in [0.1, 0.15) is 5.71 Å². The summed E-state index contributed by atoms with van der Waals surface area (Å²) in [5.41, 5.74) is -5.30. The average Bonchev–Trinajstić information content (AvgIpc) is 3.37. The zero-order chi connectivity index (χ0) is 23.9. The number of alkyl halides is 6. The summed E-state index contributed by atoms with van der Waals surface area (Å²) < 4.78 is 82.4. The SMILES string of the molecule is C/C=C(\C(=NC)C(F)(F)F)C1(C(F)(F)F)CC(c2ccc(C(=O)NC3CC3)c(C)c2)=NO1. The van der Waals surface area contributed by atoms with Crippen LogP contribution in [0.4, 0.5) is 26.3 Å². The van der Waals surface area contributed by atoms with Crippen molar-refractivity contribution in [2.45, 2.75) is 57.1 Å². The second kappa shape index (κ2) is 8.25. The van der Waals surface area contributed by atoms with Gasteiger partial charge in [-0.3, -0.25) is 9.79 Å². The molecule has 32 heavy (non-hydrogen) atoms. The molecule has 0 bridgehead atoms. The van der Waals surface area contributed by atoms with Crippen LogP contribution in [0.5, 0.6) is 0 Å². The van der Waals surface area contributed by atoms with Gasteiger partial charge in [0.25, 0.3) is 11.5 Å². The first kappa shape index (κ1) is 23.8. The van der Waals surface area contributed by atoms with Crippen LogP contribution < -0.4 is 5.32 Å². The number of aliphatic imine (C=N–C) groups is 1. The van der Waals surface area contributed by atoms with Crippen LogP contribution in [0.3, 0.4) is 0 Å². The number of nitrogens with zero attached hydrogens (tertiary/aromatic N) is 2. The second-order valence-electron chi connectivity index (χ2n) is 7.68. The van der Waals surface area contributed by atoms with E-state index in [0.29, 0.717) is 17.2 Å². The monoisotopic (exact) mass is 461 g/mol. The van der Waals surface area contributed by atoms with Crippen LogP contribution in [-0.4, -0.2) is 48.4 Å². The number of hydrogen-bond acceptors (Lipinski definition) is 4. The highest BCUT2D eigenvalue weighted by Gasteiger charge is 2.66. The number of benzene rings is 1. The van der Waals surface area contributed by atoms with Gasteiger partial charge in [0.05, 0.1) is 12.1 Å². The van der Waals surface area contributed by atoms with Gasteiger partial charge in [0, 0.05) is 24.2 Å². The zero-order valence-corrected chi connectivity index (χ0v) is 17.5. The lowest BCUT2D eigenvalue weighted by atomic mass is 9.83. The lowest BCUT2D eigenvalue weighted by molar-refractivity contribution is -0.251. The predicted molar refractivity (Wildman–Crippen MR) is 106 cm³/mol. The van der Waals surface area contributed by atoms with Gasteiger partial charge >= 0.3 is 12.4 Å². The van der Waals surface area contributed by atoms with E-state index in [1.165, 1.54) is 18.2 Å². The summed E-state index contributed by atoms with van der Waals surface area (Å²) in [5, 5.41) is 6.32. The Bertz CT molecular complexity index is 1010. The van der Waals surface area contributed by atoms with E-state index >= 15 is 0 Å². The Balaban J connectivity index is 1.94. The number of rotatable bonds is 5. The van der Waals surface area contributed by atoms with Crippen LogP contribution >= 0.6 is 0 Å². The van der Waals surface area contributed by atoms with Gasteiger partial charge in [-0.25, -0.2) is 0 Å². The van der Waals surface area contributed by atoms with Crippen LogP contribution in [-0.2, 0) is 4.84 Å². The molecule has 1 aromatic carbocycles. The minimum absolute atomic E-state index is 0.129. The molecule has 1 aliphatic carbocycles. The normalized spacial score (nSPS) is 22.5. The van der Waals surface area contributed by atoms with Crippen molar-refractivity contribution in [3.63, 3.8) is 0 Å². The van der Waals surface area contributed by atoms with Crippen LogP contribution in [0.15, 0.2) is 40.0 Å². The summed E-state index contributed by atoms with van der Waals surface area (Å²) in [7, 11) is 0.766. The zero-order valence-electron chi connectivity index (χ0n) is 17.5. The van der Waals surface area contributed by atoms with Crippen LogP contribution in [0, 0.1) is 6.92 Å². The number of halogens is 6. The Morgan fingerprint density at radius 1 is 1.25 bits per heavy atom. The first-order chi connectivity index (χ1) is 14.8. The standard InChI is InChI=1S/C21H21F6N3O2/c1-4-15(17(28-3)20(22,23)24)19(21(25,26)27)10-16(30-32-19)12-5-8-14(11(2)9-12)18(31)29-13-6-7-13/h4-5,8-9,13H,6-7,10H2,1-3H3,(H,29,31)/b15-4+,28-17?. The maximum atomic E-state index is 14.1. The number of carbonyl (C=O) groups is 1. The molecular weight excluding hydrogens is 440 g/mol. The summed E-state index contributed by atoms with van der Waals surface area (Å²) in [6.45, 7) is 2.67. The van der Waals surface area contributed by atoms with Gasteiger partial charge in [-0.15, -0.1) is 0 Å². The lowest BCUT2D eigenvalue weighted by Gasteiger charge is -2.32. The highest BCUT2D eigenvalue weighted by molar-refractivity contribution is 6.09. The van der Waals surface area contributed by atoms with Crippen LogP contribution in [0.1, 0.15) is 47.7 Å². The summed E-state index contributed by atoms with van der Waals surface area (Å²) in [4.78, 5) is 20.0. The fourth-order valence-electron chi connectivity index (χ4n) is 3.59. The predicted octanol–water partition coefficient (Wildman–Crippen LogP) is 4.89. The number of hydrogen-bond donors (Lipinski definition) is 1. The molecule has 1 atom stereocenters. The van der Waals surface area contributed by atoms with E-state index in [1.807, 2.05) is 0 Å². The molecule has 0 radical (unpaired) electrons. The number of oxime groups is 1. The van der Waals surface area contributed by atoms with Crippen molar-refractivity contribution in [3.8, 4) is 0 Å². The minimum atomic E-state index is -5.21. The largest absolute Gasteiger partial charge is 0.435 e. The van der Waals surface area contributed by atoms with Crippen LogP contribution in [0.2, 0.25) is 0 Å². The second-order valence-corrected chi connectivity index (χ2v) is 7.68. The van der Waals surface area contributed by atoms with E-state index in [4.69, 9.17) is 4.84 Å². The number of allylic oxidation sites excluding steroid dienone is 1. The first-order valence-corrected chi connectivity index (χ1v) is 9.79.